The Hall–Kier alpha value is -1.18. The standard InChI is InChI=1S/C19H33N5OS/c1-5-20-19(21-10-15-8-9-24(11-15)17-6-7-17)23(3)12-16-13-26-18(22-16)14(2)25-4/h13-15,17H,5-12H2,1-4H3,(H,20,21). The van der Waals surface area contributed by atoms with Gasteiger partial charge in [0.1, 0.15) is 11.1 Å². The normalized spacial score (nSPS) is 22.6. The van der Waals surface area contributed by atoms with Crippen molar-refractivity contribution >= 4 is 17.3 Å². The highest BCUT2D eigenvalue weighted by molar-refractivity contribution is 7.09. The highest BCUT2D eigenvalue weighted by atomic mass is 32.1. The summed E-state index contributed by atoms with van der Waals surface area (Å²) in [5.74, 6) is 1.68. The molecule has 3 rings (SSSR count). The highest BCUT2D eigenvalue weighted by Crippen LogP contribution is 2.31. The Kier molecular flexibility index (Phi) is 6.89. The Morgan fingerprint density at radius 1 is 1.50 bits per heavy atom. The van der Waals surface area contributed by atoms with Gasteiger partial charge < -0.3 is 19.9 Å². The van der Waals surface area contributed by atoms with Crippen LogP contribution in [0.3, 0.4) is 0 Å². The number of methoxy groups -OCH3 is 1. The molecule has 0 bridgehead atoms. The number of guanidine groups is 1. The lowest BCUT2D eigenvalue weighted by Gasteiger charge is -2.22. The summed E-state index contributed by atoms with van der Waals surface area (Å²) in [6.45, 7) is 9.19. The molecule has 1 aliphatic heterocycles. The van der Waals surface area contributed by atoms with Gasteiger partial charge in [-0.15, -0.1) is 11.3 Å². The fourth-order valence-corrected chi connectivity index (χ4v) is 4.31. The molecule has 0 spiro atoms. The first kappa shape index (κ1) is 19.6. The van der Waals surface area contributed by atoms with Gasteiger partial charge in [-0.1, -0.05) is 0 Å². The van der Waals surface area contributed by atoms with Gasteiger partial charge in [-0.3, -0.25) is 4.99 Å². The van der Waals surface area contributed by atoms with Crippen molar-refractivity contribution in [1.82, 2.24) is 20.1 Å². The van der Waals surface area contributed by atoms with E-state index in [1.165, 1.54) is 32.4 Å². The monoisotopic (exact) mass is 379 g/mol. The van der Waals surface area contributed by atoms with E-state index >= 15 is 0 Å². The topological polar surface area (TPSA) is 53.0 Å². The number of hydrogen-bond donors (Lipinski definition) is 1. The zero-order chi connectivity index (χ0) is 18.5. The maximum atomic E-state index is 5.36. The molecular formula is C19H33N5OS. The molecule has 1 N–H and O–H groups in total. The molecule has 1 saturated heterocycles. The Labute approximate surface area is 161 Å². The van der Waals surface area contributed by atoms with Crippen LogP contribution in [-0.4, -0.2) is 67.1 Å². The van der Waals surface area contributed by atoms with Crippen LogP contribution in [-0.2, 0) is 11.3 Å². The zero-order valence-electron chi connectivity index (χ0n) is 16.6. The number of ether oxygens (including phenoxy) is 1. The third-order valence-electron chi connectivity index (χ3n) is 5.25. The summed E-state index contributed by atoms with van der Waals surface area (Å²) in [6, 6.07) is 0.883. The number of hydrogen-bond acceptors (Lipinski definition) is 5. The van der Waals surface area contributed by atoms with E-state index in [9.17, 15) is 0 Å². The minimum Gasteiger partial charge on any atom is -0.375 e. The SMILES string of the molecule is CCNC(=NCC1CCN(C2CC2)C1)N(C)Cc1csc(C(C)OC)n1. The summed E-state index contributed by atoms with van der Waals surface area (Å²) >= 11 is 1.66. The second-order valence-corrected chi connectivity index (χ2v) is 8.38. The maximum absolute atomic E-state index is 5.36. The number of rotatable bonds is 8. The second kappa shape index (κ2) is 9.15. The molecule has 2 aliphatic rings. The van der Waals surface area contributed by atoms with Gasteiger partial charge >= 0.3 is 0 Å². The molecule has 2 atom stereocenters. The van der Waals surface area contributed by atoms with E-state index in [1.54, 1.807) is 18.4 Å². The zero-order valence-corrected chi connectivity index (χ0v) is 17.4. The van der Waals surface area contributed by atoms with Crippen molar-refractivity contribution in [2.24, 2.45) is 10.9 Å². The van der Waals surface area contributed by atoms with Crippen molar-refractivity contribution < 1.29 is 4.74 Å². The van der Waals surface area contributed by atoms with Crippen molar-refractivity contribution in [2.45, 2.75) is 51.8 Å². The molecule has 0 radical (unpaired) electrons. The third kappa shape index (κ3) is 5.18. The molecule has 0 amide bonds. The Morgan fingerprint density at radius 3 is 3.00 bits per heavy atom. The molecule has 26 heavy (non-hydrogen) atoms. The van der Waals surface area contributed by atoms with E-state index in [0.717, 1.165) is 42.3 Å². The third-order valence-corrected chi connectivity index (χ3v) is 6.30. The number of thiazole rings is 1. The molecule has 1 saturated carbocycles. The summed E-state index contributed by atoms with van der Waals surface area (Å²) in [5.41, 5.74) is 1.07. The van der Waals surface area contributed by atoms with Crippen LogP contribution in [0.2, 0.25) is 0 Å². The summed E-state index contributed by atoms with van der Waals surface area (Å²) in [5, 5.41) is 6.58. The average molecular weight is 380 g/mol. The molecular weight excluding hydrogens is 346 g/mol. The summed E-state index contributed by atoms with van der Waals surface area (Å²) in [7, 11) is 3.81. The molecule has 7 heteroatoms. The van der Waals surface area contributed by atoms with Crippen molar-refractivity contribution in [2.75, 3.05) is 40.3 Å². The lowest BCUT2D eigenvalue weighted by Crippen LogP contribution is -2.39. The largest absolute Gasteiger partial charge is 0.375 e. The van der Waals surface area contributed by atoms with E-state index in [4.69, 9.17) is 14.7 Å². The Bertz CT molecular complexity index is 601. The lowest BCUT2D eigenvalue weighted by atomic mass is 10.1. The van der Waals surface area contributed by atoms with Crippen LogP contribution in [0.25, 0.3) is 0 Å². The predicted molar refractivity (Wildman–Crippen MR) is 108 cm³/mol. The second-order valence-electron chi connectivity index (χ2n) is 7.49. The van der Waals surface area contributed by atoms with Crippen LogP contribution in [0.4, 0.5) is 0 Å². The van der Waals surface area contributed by atoms with Gasteiger partial charge in [0, 0.05) is 45.2 Å². The van der Waals surface area contributed by atoms with E-state index < -0.39 is 0 Å². The van der Waals surface area contributed by atoms with Crippen LogP contribution < -0.4 is 5.32 Å². The number of aliphatic imine (C=N–C) groups is 1. The van der Waals surface area contributed by atoms with E-state index in [-0.39, 0.29) is 6.10 Å². The van der Waals surface area contributed by atoms with Gasteiger partial charge in [0.25, 0.3) is 0 Å². The highest BCUT2D eigenvalue weighted by Gasteiger charge is 2.34. The van der Waals surface area contributed by atoms with Crippen LogP contribution in [0.15, 0.2) is 10.4 Å². The lowest BCUT2D eigenvalue weighted by molar-refractivity contribution is 0.119. The molecule has 1 aromatic rings. The van der Waals surface area contributed by atoms with Crippen molar-refractivity contribution in [3.05, 3.63) is 16.1 Å². The van der Waals surface area contributed by atoms with Crippen LogP contribution in [0.5, 0.6) is 0 Å². The van der Waals surface area contributed by atoms with E-state index in [0.29, 0.717) is 5.92 Å². The van der Waals surface area contributed by atoms with Crippen molar-refractivity contribution in [1.29, 1.82) is 0 Å². The summed E-state index contributed by atoms with van der Waals surface area (Å²) in [4.78, 5) is 14.5. The van der Waals surface area contributed by atoms with Crippen LogP contribution in [0.1, 0.15) is 49.9 Å². The maximum Gasteiger partial charge on any atom is 0.194 e. The molecule has 146 valence electrons. The Morgan fingerprint density at radius 2 is 2.31 bits per heavy atom. The molecule has 2 heterocycles. The van der Waals surface area contributed by atoms with Gasteiger partial charge in [-0.25, -0.2) is 4.98 Å². The smallest absolute Gasteiger partial charge is 0.194 e. The van der Waals surface area contributed by atoms with Gasteiger partial charge in [0.2, 0.25) is 0 Å². The average Bonchev–Trinajstić information content (AvgIpc) is 3.20. The van der Waals surface area contributed by atoms with Gasteiger partial charge in [0.15, 0.2) is 5.96 Å². The quantitative estimate of drug-likeness (QED) is 0.556. The molecule has 2 unspecified atom stereocenters. The van der Waals surface area contributed by atoms with E-state index in [2.05, 4.69) is 34.5 Å². The fraction of sp³-hybridized carbons (Fsp3) is 0.789. The Balaban J connectivity index is 1.54. The van der Waals surface area contributed by atoms with Crippen LogP contribution in [0, 0.1) is 5.92 Å². The minimum absolute atomic E-state index is 0.0535. The first-order chi connectivity index (χ1) is 12.6. The molecule has 6 nitrogen and oxygen atoms in total. The summed E-state index contributed by atoms with van der Waals surface area (Å²) < 4.78 is 5.36. The first-order valence-corrected chi connectivity index (χ1v) is 10.7. The molecule has 1 aliphatic carbocycles. The van der Waals surface area contributed by atoms with Gasteiger partial charge in [-0.05, 0) is 45.6 Å². The predicted octanol–water partition coefficient (Wildman–Crippen LogP) is 2.73. The molecule has 2 fully saturated rings. The number of aromatic nitrogens is 1. The first-order valence-electron chi connectivity index (χ1n) is 9.81. The minimum atomic E-state index is 0.0535. The number of nitrogens with zero attached hydrogens (tertiary/aromatic N) is 4. The molecule has 0 aromatic carbocycles. The van der Waals surface area contributed by atoms with Gasteiger partial charge in [0.05, 0.1) is 12.2 Å². The number of nitrogens with one attached hydrogen (secondary N) is 1. The molecule has 1 aromatic heterocycles. The van der Waals surface area contributed by atoms with Crippen molar-refractivity contribution in [3.63, 3.8) is 0 Å². The van der Waals surface area contributed by atoms with Crippen LogP contribution >= 0.6 is 11.3 Å². The van der Waals surface area contributed by atoms with Crippen molar-refractivity contribution in [3.8, 4) is 0 Å². The van der Waals surface area contributed by atoms with Gasteiger partial charge in [-0.2, -0.15) is 0 Å². The number of likely N-dealkylation sites (tertiary alicyclic amines) is 1. The fourth-order valence-electron chi connectivity index (χ4n) is 3.47. The summed E-state index contributed by atoms with van der Waals surface area (Å²) in [6.07, 6.45) is 4.14. The van der Waals surface area contributed by atoms with E-state index in [1.807, 2.05) is 6.92 Å².